The third kappa shape index (κ3) is 10.2. The lowest BCUT2D eigenvalue weighted by Gasteiger charge is -2.26. The highest BCUT2D eigenvalue weighted by Gasteiger charge is 2.26. The molecule has 1 aromatic rings. The summed E-state index contributed by atoms with van der Waals surface area (Å²) < 4.78 is 0. The molecule has 5 heteroatoms. The topological polar surface area (TPSA) is 81.6 Å². The molecule has 0 radical (unpaired) electrons. The number of amides is 1. The SMILES string of the molecule is CC(C)(C)CNC[C@@H](O)C[C@@H](Cc1ccccc1)C(=O)NC(C)(C)O. The second kappa shape index (κ2) is 9.32. The van der Waals surface area contributed by atoms with Gasteiger partial charge in [-0.1, -0.05) is 51.1 Å². The molecule has 0 bridgehead atoms. The molecule has 1 rings (SSSR count). The number of carbonyl (C=O) groups is 1. The van der Waals surface area contributed by atoms with Crippen LogP contribution in [0.3, 0.4) is 0 Å². The number of rotatable bonds is 9. The minimum absolute atomic E-state index is 0.140. The Bertz CT molecular complexity index is 518. The number of aliphatic hydroxyl groups is 2. The molecule has 0 saturated heterocycles. The van der Waals surface area contributed by atoms with E-state index in [4.69, 9.17) is 0 Å². The lowest BCUT2D eigenvalue weighted by molar-refractivity contribution is -0.132. The number of benzene rings is 1. The van der Waals surface area contributed by atoms with E-state index in [0.29, 0.717) is 19.4 Å². The lowest BCUT2D eigenvalue weighted by atomic mass is 9.92. The molecular weight excluding hydrogens is 316 g/mol. The average molecular weight is 351 g/mol. The van der Waals surface area contributed by atoms with E-state index in [9.17, 15) is 15.0 Å². The predicted molar refractivity (Wildman–Crippen MR) is 101 cm³/mol. The van der Waals surface area contributed by atoms with E-state index in [-0.39, 0.29) is 11.3 Å². The van der Waals surface area contributed by atoms with Gasteiger partial charge in [-0.05, 0) is 37.7 Å². The van der Waals surface area contributed by atoms with E-state index in [1.807, 2.05) is 30.3 Å². The Balaban J connectivity index is 2.68. The van der Waals surface area contributed by atoms with Crippen LogP contribution in [0.5, 0.6) is 0 Å². The largest absolute Gasteiger partial charge is 0.392 e. The van der Waals surface area contributed by atoms with Crippen LogP contribution in [0.2, 0.25) is 0 Å². The van der Waals surface area contributed by atoms with Crippen molar-refractivity contribution in [3.8, 4) is 0 Å². The first-order chi connectivity index (χ1) is 11.5. The fourth-order valence-corrected chi connectivity index (χ4v) is 2.61. The van der Waals surface area contributed by atoms with E-state index >= 15 is 0 Å². The van der Waals surface area contributed by atoms with Gasteiger partial charge >= 0.3 is 0 Å². The molecule has 1 amide bonds. The molecule has 2 atom stereocenters. The smallest absolute Gasteiger partial charge is 0.225 e. The van der Waals surface area contributed by atoms with Gasteiger partial charge in [0.2, 0.25) is 5.91 Å². The fourth-order valence-electron chi connectivity index (χ4n) is 2.61. The molecule has 0 saturated carbocycles. The van der Waals surface area contributed by atoms with Crippen molar-refractivity contribution in [2.45, 2.75) is 59.3 Å². The van der Waals surface area contributed by atoms with Crippen LogP contribution >= 0.6 is 0 Å². The summed E-state index contributed by atoms with van der Waals surface area (Å²) in [6.45, 7) is 10.7. The number of hydrogen-bond acceptors (Lipinski definition) is 4. The molecule has 142 valence electrons. The second-order valence-electron chi connectivity index (χ2n) is 8.52. The van der Waals surface area contributed by atoms with Crippen LogP contribution in [0, 0.1) is 11.3 Å². The highest BCUT2D eigenvalue weighted by molar-refractivity contribution is 5.79. The van der Waals surface area contributed by atoms with Gasteiger partial charge < -0.3 is 20.8 Å². The first-order valence-electron chi connectivity index (χ1n) is 8.93. The van der Waals surface area contributed by atoms with Crippen LogP contribution < -0.4 is 10.6 Å². The first-order valence-corrected chi connectivity index (χ1v) is 8.93. The van der Waals surface area contributed by atoms with Gasteiger partial charge in [0.15, 0.2) is 0 Å². The molecule has 0 unspecified atom stereocenters. The third-order valence-electron chi connectivity index (χ3n) is 3.72. The Kier molecular flexibility index (Phi) is 8.06. The zero-order chi connectivity index (χ0) is 19.1. The summed E-state index contributed by atoms with van der Waals surface area (Å²) in [6.07, 6.45) is 0.246. The quantitative estimate of drug-likeness (QED) is 0.514. The van der Waals surface area contributed by atoms with Crippen LogP contribution in [0.25, 0.3) is 0 Å². The van der Waals surface area contributed by atoms with E-state index in [0.717, 1.165) is 12.1 Å². The van der Waals surface area contributed by atoms with Crippen molar-refractivity contribution in [1.82, 2.24) is 10.6 Å². The summed E-state index contributed by atoms with van der Waals surface area (Å²) in [5.74, 6) is -0.647. The molecule has 0 aliphatic heterocycles. The van der Waals surface area contributed by atoms with Crippen molar-refractivity contribution >= 4 is 5.91 Å². The summed E-state index contributed by atoms with van der Waals surface area (Å²) in [5.41, 5.74) is -0.101. The van der Waals surface area contributed by atoms with Crippen LogP contribution in [0.15, 0.2) is 30.3 Å². The normalized spacial score (nSPS) is 14.8. The molecule has 0 heterocycles. The number of carbonyl (C=O) groups excluding carboxylic acids is 1. The summed E-state index contributed by atoms with van der Waals surface area (Å²) in [6, 6.07) is 9.73. The highest BCUT2D eigenvalue weighted by Crippen LogP contribution is 2.17. The van der Waals surface area contributed by atoms with E-state index in [2.05, 4.69) is 31.4 Å². The Morgan fingerprint density at radius 1 is 1.12 bits per heavy atom. The molecular formula is C20H34N2O3. The molecule has 0 fully saturated rings. The van der Waals surface area contributed by atoms with Gasteiger partial charge in [-0.2, -0.15) is 0 Å². The highest BCUT2D eigenvalue weighted by atomic mass is 16.3. The maximum Gasteiger partial charge on any atom is 0.225 e. The van der Waals surface area contributed by atoms with E-state index in [1.165, 1.54) is 13.8 Å². The first kappa shape index (κ1) is 21.6. The molecule has 0 aliphatic carbocycles. The second-order valence-corrected chi connectivity index (χ2v) is 8.52. The Morgan fingerprint density at radius 2 is 1.72 bits per heavy atom. The van der Waals surface area contributed by atoms with Crippen molar-refractivity contribution < 1.29 is 15.0 Å². The molecule has 0 aliphatic rings. The summed E-state index contributed by atoms with van der Waals surface area (Å²) in [7, 11) is 0. The Morgan fingerprint density at radius 3 is 2.24 bits per heavy atom. The van der Waals surface area contributed by atoms with Crippen molar-refractivity contribution in [3.05, 3.63) is 35.9 Å². The zero-order valence-electron chi connectivity index (χ0n) is 16.2. The van der Waals surface area contributed by atoms with Gasteiger partial charge in [-0.3, -0.25) is 4.79 Å². The summed E-state index contributed by atoms with van der Waals surface area (Å²) in [4.78, 5) is 12.5. The maximum atomic E-state index is 12.5. The average Bonchev–Trinajstić information content (AvgIpc) is 2.44. The maximum absolute atomic E-state index is 12.5. The summed E-state index contributed by atoms with van der Waals surface area (Å²) >= 11 is 0. The van der Waals surface area contributed by atoms with Gasteiger partial charge in [0.1, 0.15) is 5.72 Å². The predicted octanol–water partition coefficient (Wildman–Crippen LogP) is 2.08. The van der Waals surface area contributed by atoms with Crippen LogP contribution in [-0.4, -0.2) is 41.0 Å². The van der Waals surface area contributed by atoms with Crippen molar-refractivity contribution in [2.24, 2.45) is 11.3 Å². The zero-order valence-corrected chi connectivity index (χ0v) is 16.2. The Hall–Kier alpha value is -1.43. The minimum Gasteiger partial charge on any atom is -0.392 e. The van der Waals surface area contributed by atoms with Crippen molar-refractivity contribution in [2.75, 3.05) is 13.1 Å². The van der Waals surface area contributed by atoms with Crippen LogP contribution in [0.4, 0.5) is 0 Å². The van der Waals surface area contributed by atoms with Gasteiger partial charge in [0.25, 0.3) is 0 Å². The van der Waals surface area contributed by atoms with E-state index < -0.39 is 17.7 Å². The molecule has 0 aromatic heterocycles. The van der Waals surface area contributed by atoms with Gasteiger partial charge in [0.05, 0.1) is 6.10 Å². The number of nitrogens with one attached hydrogen (secondary N) is 2. The van der Waals surface area contributed by atoms with Crippen molar-refractivity contribution in [3.63, 3.8) is 0 Å². The third-order valence-corrected chi connectivity index (χ3v) is 3.72. The minimum atomic E-state index is -1.28. The van der Waals surface area contributed by atoms with Gasteiger partial charge in [-0.25, -0.2) is 0 Å². The van der Waals surface area contributed by atoms with Gasteiger partial charge in [-0.15, -0.1) is 0 Å². The van der Waals surface area contributed by atoms with Crippen LogP contribution in [-0.2, 0) is 11.2 Å². The standard InChI is InChI=1S/C20H34N2O3/c1-19(2,3)14-21-13-17(23)12-16(18(24)22-20(4,5)25)11-15-9-7-6-8-10-15/h6-10,16-17,21,23,25H,11-14H2,1-5H3,(H,22,24)/t16-,17+/m1/s1. The monoisotopic (exact) mass is 350 g/mol. The van der Waals surface area contributed by atoms with E-state index in [1.54, 1.807) is 0 Å². The Labute approximate surface area is 151 Å². The lowest BCUT2D eigenvalue weighted by Crippen LogP contribution is -2.47. The van der Waals surface area contributed by atoms with Crippen LogP contribution in [0.1, 0.15) is 46.6 Å². The molecule has 1 aromatic carbocycles. The van der Waals surface area contributed by atoms with Gasteiger partial charge in [0, 0.05) is 19.0 Å². The fraction of sp³-hybridized carbons (Fsp3) is 0.650. The number of aliphatic hydroxyl groups excluding tert-OH is 1. The molecule has 25 heavy (non-hydrogen) atoms. The molecule has 5 nitrogen and oxygen atoms in total. The summed E-state index contributed by atoms with van der Waals surface area (Å²) in [5, 5.41) is 26.1. The molecule has 4 N–H and O–H groups in total. The van der Waals surface area contributed by atoms with Crippen molar-refractivity contribution in [1.29, 1.82) is 0 Å². The molecule has 0 spiro atoms. The number of hydrogen-bond donors (Lipinski definition) is 4.